The Balaban J connectivity index is 1.66. The van der Waals surface area contributed by atoms with Crippen molar-refractivity contribution in [3.05, 3.63) is 35.4 Å². The topological polar surface area (TPSA) is 29.5 Å². The first kappa shape index (κ1) is 13.1. The smallest absolute Gasteiger partial charge is 0.0834 e. The maximum Gasteiger partial charge on any atom is 0.0834 e. The predicted molar refractivity (Wildman–Crippen MR) is 76.3 cm³/mol. The van der Waals surface area contributed by atoms with Crippen LogP contribution >= 0.6 is 0 Å². The second-order valence-electron chi connectivity index (χ2n) is 6.00. The Hall–Kier alpha value is -0.860. The van der Waals surface area contributed by atoms with Gasteiger partial charge < -0.3 is 9.84 Å². The van der Waals surface area contributed by atoms with Crippen LogP contribution in [0.5, 0.6) is 0 Å². The number of benzene rings is 1. The summed E-state index contributed by atoms with van der Waals surface area (Å²) in [5.74, 6) is 0.519. The molecule has 2 aliphatic rings. The normalized spacial score (nSPS) is 28.7. The van der Waals surface area contributed by atoms with Gasteiger partial charge >= 0.3 is 0 Å². The van der Waals surface area contributed by atoms with E-state index in [4.69, 9.17) is 4.74 Å². The van der Waals surface area contributed by atoms with Crippen LogP contribution < -0.4 is 0 Å². The third-order valence-corrected chi connectivity index (χ3v) is 4.66. The summed E-state index contributed by atoms with van der Waals surface area (Å²) in [6.07, 6.45) is 7.67. The maximum atomic E-state index is 10.4. The highest BCUT2D eigenvalue weighted by Crippen LogP contribution is 2.35. The molecule has 0 saturated carbocycles. The van der Waals surface area contributed by atoms with E-state index in [0.717, 1.165) is 25.9 Å². The molecule has 3 rings (SSSR count). The third-order valence-electron chi connectivity index (χ3n) is 4.66. The molecule has 2 heteroatoms. The lowest BCUT2D eigenvalue weighted by atomic mass is 9.79. The average molecular weight is 260 g/mol. The summed E-state index contributed by atoms with van der Waals surface area (Å²) >= 11 is 0. The van der Waals surface area contributed by atoms with E-state index in [9.17, 15) is 5.11 Å². The molecule has 104 valence electrons. The Labute approximate surface area is 115 Å². The van der Waals surface area contributed by atoms with Gasteiger partial charge in [0.05, 0.1) is 12.2 Å². The lowest BCUT2D eigenvalue weighted by Crippen LogP contribution is -2.33. The fourth-order valence-corrected chi connectivity index (χ4v) is 3.61. The van der Waals surface area contributed by atoms with Crippen molar-refractivity contribution in [2.45, 2.75) is 63.1 Å². The summed E-state index contributed by atoms with van der Waals surface area (Å²) in [6.45, 7) is 0.822. The van der Waals surface area contributed by atoms with Crippen LogP contribution in [0.2, 0.25) is 0 Å². The second kappa shape index (κ2) is 6.06. The minimum Gasteiger partial charge on any atom is -0.390 e. The molecule has 19 heavy (non-hydrogen) atoms. The first-order valence-electron chi connectivity index (χ1n) is 7.72. The molecule has 0 spiro atoms. The largest absolute Gasteiger partial charge is 0.390 e. The van der Waals surface area contributed by atoms with E-state index in [-0.39, 0.29) is 12.2 Å². The van der Waals surface area contributed by atoms with Crippen molar-refractivity contribution >= 4 is 0 Å². The molecular weight excluding hydrogens is 236 g/mol. The number of rotatable bonds is 3. The number of hydrogen-bond acceptors (Lipinski definition) is 2. The molecule has 1 aliphatic heterocycles. The predicted octanol–water partition coefficient (Wildman–Crippen LogP) is 3.43. The Morgan fingerprint density at radius 2 is 2.05 bits per heavy atom. The number of ether oxygens (including phenoxy) is 1. The van der Waals surface area contributed by atoms with Gasteiger partial charge in [-0.1, -0.05) is 24.3 Å². The number of aryl methyl sites for hydroxylation is 1. The van der Waals surface area contributed by atoms with Gasteiger partial charge in [-0.15, -0.1) is 0 Å². The van der Waals surface area contributed by atoms with E-state index in [0.29, 0.717) is 5.92 Å². The number of aliphatic hydroxyl groups excluding tert-OH is 1. The highest BCUT2D eigenvalue weighted by molar-refractivity contribution is 5.32. The van der Waals surface area contributed by atoms with Crippen LogP contribution in [-0.2, 0) is 11.2 Å². The lowest BCUT2D eigenvalue weighted by molar-refractivity contribution is -0.0667. The molecule has 1 fully saturated rings. The van der Waals surface area contributed by atoms with Gasteiger partial charge in [0.25, 0.3) is 0 Å². The zero-order valence-electron chi connectivity index (χ0n) is 11.6. The molecule has 1 aromatic rings. The number of aliphatic hydroxyl groups is 1. The highest BCUT2D eigenvalue weighted by Gasteiger charge is 2.28. The number of hydrogen-bond donors (Lipinski definition) is 1. The molecule has 3 atom stereocenters. The zero-order valence-corrected chi connectivity index (χ0v) is 11.6. The maximum absolute atomic E-state index is 10.4. The Kier molecular flexibility index (Phi) is 4.19. The molecule has 1 aliphatic carbocycles. The van der Waals surface area contributed by atoms with Crippen molar-refractivity contribution in [1.29, 1.82) is 0 Å². The third kappa shape index (κ3) is 3.01. The van der Waals surface area contributed by atoms with E-state index in [1.807, 2.05) is 0 Å². The number of fused-ring (bicyclic) bond motifs is 1. The second-order valence-corrected chi connectivity index (χ2v) is 6.00. The van der Waals surface area contributed by atoms with Crippen LogP contribution in [0.25, 0.3) is 0 Å². The summed E-state index contributed by atoms with van der Waals surface area (Å²) in [5.41, 5.74) is 2.94. The van der Waals surface area contributed by atoms with Crippen LogP contribution in [-0.4, -0.2) is 23.9 Å². The highest BCUT2D eigenvalue weighted by atomic mass is 16.5. The minimum atomic E-state index is -0.295. The van der Waals surface area contributed by atoms with Crippen LogP contribution in [0.1, 0.15) is 55.6 Å². The first-order valence-corrected chi connectivity index (χ1v) is 7.72. The van der Waals surface area contributed by atoms with Gasteiger partial charge in [-0.05, 0) is 62.0 Å². The summed E-state index contributed by atoms with van der Waals surface area (Å²) in [6, 6.07) is 8.74. The molecular formula is C17H24O2. The average Bonchev–Trinajstić information content (AvgIpc) is 2.48. The van der Waals surface area contributed by atoms with Crippen molar-refractivity contribution in [3.63, 3.8) is 0 Å². The minimum absolute atomic E-state index is 0.0721. The van der Waals surface area contributed by atoms with Gasteiger partial charge in [0, 0.05) is 6.61 Å². The summed E-state index contributed by atoms with van der Waals surface area (Å²) < 4.78 is 5.72. The van der Waals surface area contributed by atoms with Gasteiger partial charge in [0.1, 0.15) is 0 Å². The van der Waals surface area contributed by atoms with Crippen LogP contribution in [0, 0.1) is 0 Å². The standard InChI is InChI=1S/C17H24O2/c18-16(17-10-3-4-11-19-17)12-14-8-5-7-13-6-1-2-9-15(13)14/h1-2,6,9,14,16-18H,3-5,7-8,10-12H2. The van der Waals surface area contributed by atoms with Gasteiger partial charge in [-0.3, -0.25) is 0 Å². The van der Waals surface area contributed by atoms with Crippen molar-refractivity contribution in [3.8, 4) is 0 Å². The van der Waals surface area contributed by atoms with Gasteiger partial charge in [0.2, 0.25) is 0 Å². The first-order chi connectivity index (χ1) is 9.34. The van der Waals surface area contributed by atoms with Crippen molar-refractivity contribution in [1.82, 2.24) is 0 Å². The SMILES string of the molecule is OC(CC1CCCc2ccccc21)C1CCCCO1. The molecule has 1 aromatic carbocycles. The van der Waals surface area contributed by atoms with Crippen molar-refractivity contribution in [2.75, 3.05) is 6.61 Å². The summed E-state index contributed by atoms with van der Waals surface area (Å²) in [4.78, 5) is 0. The van der Waals surface area contributed by atoms with Crippen molar-refractivity contribution < 1.29 is 9.84 Å². The Morgan fingerprint density at radius 1 is 1.16 bits per heavy atom. The molecule has 0 amide bonds. The Bertz CT molecular complexity index is 409. The fourth-order valence-electron chi connectivity index (χ4n) is 3.61. The van der Waals surface area contributed by atoms with E-state index in [2.05, 4.69) is 24.3 Å². The van der Waals surface area contributed by atoms with E-state index < -0.39 is 0 Å². The summed E-state index contributed by atoms with van der Waals surface area (Å²) in [7, 11) is 0. The molecule has 0 bridgehead atoms. The van der Waals surface area contributed by atoms with Gasteiger partial charge in [-0.25, -0.2) is 0 Å². The van der Waals surface area contributed by atoms with Gasteiger partial charge in [0.15, 0.2) is 0 Å². The van der Waals surface area contributed by atoms with E-state index >= 15 is 0 Å². The lowest BCUT2D eigenvalue weighted by Gasteiger charge is -2.32. The van der Waals surface area contributed by atoms with E-state index in [1.165, 1.54) is 36.8 Å². The molecule has 3 unspecified atom stereocenters. The van der Waals surface area contributed by atoms with Crippen LogP contribution in [0.3, 0.4) is 0 Å². The molecule has 1 saturated heterocycles. The molecule has 0 aromatic heterocycles. The monoisotopic (exact) mass is 260 g/mol. The van der Waals surface area contributed by atoms with Crippen LogP contribution in [0.15, 0.2) is 24.3 Å². The zero-order chi connectivity index (χ0) is 13.1. The molecule has 1 N–H and O–H groups in total. The quantitative estimate of drug-likeness (QED) is 0.902. The molecule has 1 heterocycles. The van der Waals surface area contributed by atoms with Gasteiger partial charge in [-0.2, -0.15) is 0 Å². The Morgan fingerprint density at radius 3 is 2.89 bits per heavy atom. The molecule has 0 radical (unpaired) electrons. The van der Waals surface area contributed by atoms with E-state index in [1.54, 1.807) is 0 Å². The molecule has 2 nitrogen and oxygen atoms in total. The summed E-state index contributed by atoms with van der Waals surface area (Å²) in [5, 5.41) is 10.4. The van der Waals surface area contributed by atoms with Crippen LogP contribution in [0.4, 0.5) is 0 Å². The fraction of sp³-hybridized carbons (Fsp3) is 0.647. The van der Waals surface area contributed by atoms with Crippen molar-refractivity contribution in [2.24, 2.45) is 0 Å².